The quantitative estimate of drug-likeness (QED) is 0.714. The van der Waals surface area contributed by atoms with Gasteiger partial charge in [0.05, 0.1) is 38.8 Å². The second kappa shape index (κ2) is 9.14. The predicted molar refractivity (Wildman–Crippen MR) is 100 cm³/mol. The number of methoxy groups -OCH3 is 3. The Bertz CT molecular complexity index is 839. The van der Waals surface area contributed by atoms with Crippen LogP contribution in [0.25, 0.3) is 0 Å². The van der Waals surface area contributed by atoms with E-state index < -0.39 is 17.9 Å². The van der Waals surface area contributed by atoms with Gasteiger partial charge in [0.2, 0.25) is 0 Å². The van der Waals surface area contributed by atoms with Crippen molar-refractivity contribution in [3.8, 4) is 17.2 Å². The Labute approximate surface area is 161 Å². The summed E-state index contributed by atoms with van der Waals surface area (Å²) in [7, 11) is 4.42. The number of hydrogen-bond donors (Lipinski definition) is 2. The Morgan fingerprint density at radius 1 is 1.00 bits per heavy atom. The molecule has 2 rings (SSSR count). The Hall–Kier alpha value is -2.93. The molecule has 0 bridgehead atoms. The first-order valence-electron chi connectivity index (χ1n) is 7.97. The zero-order valence-electron chi connectivity index (χ0n) is 15.1. The Morgan fingerprint density at radius 3 is 2.26 bits per heavy atom. The van der Waals surface area contributed by atoms with Crippen LogP contribution >= 0.6 is 11.6 Å². The van der Waals surface area contributed by atoms with Crippen molar-refractivity contribution < 1.29 is 28.9 Å². The lowest BCUT2D eigenvalue weighted by Crippen LogP contribution is -2.30. The maximum Gasteiger partial charge on any atom is 0.305 e. The highest BCUT2D eigenvalue weighted by Gasteiger charge is 2.21. The van der Waals surface area contributed by atoms with Gasteiger partial charge in [-0.05, 0) is 35.9 Å². The third-order valence-corrected chi connectivity index (χ3v) is 4.22. The molecule has 0 aromatic heterocycles. The van der Waals surface area contributed by atoms with Crippen molar-refractivity contribution in [2.45, 2.75) is 12.5 Å². The number of carboxylic acid groups (broad SMARTS) is 1. The second-order valence-corrected chi connectivity index (χ2v) is 5.99. The lowest BCUT2D eigenvalue weighted by molar-refractivity contribution is -0.137. The molecule has 0 aliphatic heterocycles. The first-order chi connectivity index (χ1) is 12.9. The molecule has 2 N–H and O–H groups in total. The van der Waals surface area contributed by atoms with Crippen LogP contribution in [0.3, 0.4) is 0 Å². The molecule has 0 aliphatic rings. The number of carbonyl (C=O) groups excluding carboxylic acids is 1. The SMILES string of the molecule is COc1cc(C(=O)NC(CC(=O)O)c2ccc(OC)c(OC)c2)ccc1Cl. The average Bonchev–Trinajstić information content (AvgIpc) is 2.66. The van der Waals surface area contributed by atoms with Crippen LogP contribution < -0.4 is 19.5 Å². The first kappa shape index (κ1) is 20.4. The van der Waals surface area contributed by atoms with Crippen LogP contribution in [0.5, 0.6) is 17.2 Å². The molecule has 0 fully saturated rings. The molecule has 2 aromatic carbocycles. The summed E-state index contributed by atoms with van der Waals surface area (Å²) >= 11 is 5.97. The Kier molecular flexibility index (Phi) is 6.90. The molecule has 27 heavy (non-hydrogen) atoms. The molecule has 0 saturated heterocycles. The molecule has 0 spiro atoms. The van der Waals surface area contributed by atoms with E-state index >= 15 is 0 Å². The number of halogens is 1. The highest BCUT2D eigenvalue weighted by Crippen LogP contribution is 2.31. The maximum atomic E-state index is 12.6. The van der Waals surface area contributed by atoms with Gasteiger partial charge in [-0.1, -0.05) is 17.7 Å². The zero-order chi connectivity index (χ0) is 20.0. The van der Waals surface area contributed by atoms with E-state index in [1.807, 2.05) is 0 Å². The number of benzene rings is 2. The van der Waals surface area contributed by atoms with Gasteiger partial charge in [0.25, 0.3) is 5.91 Å². The molecule has 8 heteroatoms. The normalized spacial score (nSPS) is 11.4. The van der Waals surface area contributed by atoms with Gasteiger partial charge >= 0.3 is 5.97 Å². The summed E-state index contributed by atoms with van der Waals surface area (Å²) in [5.74, 6) is -0.211. The standard InChI is InChI=1S/C19H20ClNO6/c1-25-15-7-5-11(8-17(15)27-3)14(10-18(22)23)21-19(24)12-4-6-13(20)16(9-12)26-2/h4-9,14H,10H2,1-3H3,(H,21,24)(H,22,23). The van der Waals surface area contributed by atoms with E-state index in [2.05, 4.69) is 5.32 Å². The summed E-state index contributed by atoms with van der Waals surface area (Å²) in [6.45, 7) is 0. The molecule has 7 nitrogen and oxygen atoms in total. The van der Waals surface area contributed by atoms with E-state index in [9.17, 15) is 14.7 Å². The van der Waals surface area contributed by atoms with E-state index in [0.717, 1.165) is 0 Å². The van der Waals surface area contributed by atoms with Crippen LogP contribution in [0.1, 0.15) is 28.4 Å². The van der Waals surface area contributed by atoms with Gasteiger partial charge in [0.15, 0.2) is 11.5 Å². The van der Waals surface area contributed by atoms with Gasteiger partial charge in [0, 0.05) is 5.56 Å². The summed E-state index contributed by atoms with van der Waals surface area (Å²) < 4.78 is 15.5. The molecule has 0 heterocycles. The van der Waals surface area contributed by atoms with E-state index in [0.29, 0.717) is 33.4 Å². The molecule has 1 atom stereocenters. The topological polar surface area (TPSA) is 94.1 Å². The van der Waals surface area contributed by atoms with E-state index in [1.54, 1.807) is 18.2 Å². The summed E-state index contributed by atoms with van der Waals surface area (Å²) in [5.41, 5.74) is 0.872. The number of rotatable bonds is 8. The van der Waals surface area contributed by atoms with Crippen LogP contribution in [0.4, 0.5) is 0 Å². The van der Waals surface area contributed by atoms with Gasteiger partial charge < -0.3 is 24.6 Å². The van der Waals surface area contributed by atoms with Crippen molar-refractivity contribution in [3.63, 3.8) is 0 Å². The lowest BCUT2D eigenvalue weighted by atomic mass is 10.0. The smallest absolute Gasteiger partial charge is 0.305 e. The predicted octanol–water partition coefficient (Wildman–Crippen LogP) is 3.31. The van der Waals surface area contributed by atoms with E-state index in [-0.39, 0.29) is 6.42 Å². The molecule has 1 amide bonds. The van der Waals surface area contributed by atoms with Crippen molar-refractivity contribution >= 4 is 23.5 Å². The zero-order valence-corrected chi connectivity index (χ0v) is 15.9. The molecule has 1 unspecified atom stereocenters. The van der Waals surface area contributed by atoms with Crippen molar-refractivity contribution in [1.29, 1.82) is 0 Å². The van der Waals surface area contributed by atoms with Crippen molar-refractivity contribution in [1.82, 2.24) is 5.32 Å². The van der Waals surface area contributed by atoms with Crippen LogP contribution in [-0.4, -0.2) is 38.3 Å². The summed E-state index contributed by atoms with van der Waals surface area (Å²) in [5, 5.41) is 12.3. The second-order valence-electron chi connectivity index (χ2n) is 5.59. The minimum atomic E-state index is -1.05. The van der Waals surface area contributed by atoms with Crippen molar-refractivity contribution in [3.05, 3.63) is 52.5 Å². The Morgan fingerprint density at radius 2 is 1.67 bits per heavy atom. The van der Waals surface area contributed by atoms with Crippen LogP contribution in [0, 0.1) is 0 Å². The number of carboxylic acids is 1. The minimum Gasteiger partial charge on any atom is -0.495 e. The van der Waals surface area contributed by atoms with Crippen molar-refractivity contribution in [2.75, 3.05) is 21.3 Å². The number of ether oxygens (including phenoxy) is 3. The highest BCUT2D eigenvalue weighted by atomic mass is 35.5. The van der Waals surface area contributed by atoms with Crippen LogP contribution in [-0.2, 0) is 4.79 Å². The largest absolute Gasteiger partial charge is 0.495 e. The van der Waals surface area contributed by atoms with E-state index in [4.69, 9.17) is 25.8 Å². The van der Waals surface area contributed by atoms with Gasteiger partial charge in [-0.15, -0.1) is 0 Å². The van der Waals surface area contributed by atoms with Gasteiger partial charge in [0.1, 0.15) is 5.75 Å². The number of carbonyl (C=O) groups is 2. The molecule has 2 aromatic rings. The van der Waals surface area contributed by atoms with Gasteiger partial charge in [-0.2, -0.15) is 0 Å². The third-order valence-electron chi connectivity index (χ3n) is 3.91. The van der Waals surface area contributed by atoms with Gasteiger partial charge in [-0.25, -0.2) is 0 Å². The third kappa shape index (κ3) is 5.04. The number of nitrogens with one attached hydrogen (secondary N) is 1. The fourth-order valence-corrected chi connectivity index (χ4v) is 2.73. The van der Waals surface area contributed by atoms with Crippen LogP contribution in [0.15, 0.2) is 36.4 Å². The fraction of sp³-hybridized carbons (Fsp3) is 0.263. The summed E-state index contributed by atoms with van der Waals surface area (Å²) in [6, 6.07) is 8.76. The molecular formula is C19H20ClNO6. The fourth-order valence-electron chi connectivity index (χ4n) is 2.54. The first-order valence-corrected chi connectivity index (χ1v) is 8.35. The number of amides is 1. The number of aliphatic carboxylic acids is 1. The highest BCUT2D eigenvalue weighted by molar-refractivity contribution is 6.32. The van der Waals surface area contributed by atoms with E-state index in [1.165, 1.54) is 39.5 Å². The number of hydrogen-bond acceptors (Lipinski definition) is 5. The minimum absolute atomic E-state index is 0.298. The van der Waals surface area contributed by atoms with Gasteiger partial charge in [-0.3, -0.25) is 9.59 Å². The lowest BCUT2D eigenvalue weighted by Gasteiger charge is -2.19. The molecule has 0 saturated carbocycles. The summed E-state index contributed by atoms with van der Waals surface area (Å²) in [6.07, 6.45) is -0.300. The van der Waals surface area contributed by atoms with Crippen molar-refractivity contribution in [2.24, 2.45) is 0 Å². The molecular weight excluding hydrogens is 374 g/mol. The monoisotopic (exact) mass is 393 g/mol. The Balaban J connectivity index is 2.31. The molecule has 0 radical (unpaired) electrons. The molecule has 0 aliphatic carbocycles. The maximum absolute atomic E-state index is 12.6. The average molecular weight is 394 g/mol. The van der Waals surface area contributed by atoms with Crippen LogP contribution in [0.2, 0.25) is 5.02 Å². The molecule has 144 valence electrons. The summed E-state index contributed by atoms with van der Waals surface area (Å²) in [4.78, 5) is 23.9.